The molecule has 1 aromatic carbocycles. The number of rotatable bonds is 5. The van der Waals surface area contributed by atoms with Crippen LogP contribution in [0.15, 0.2) is 30.3 Å². The molecule has 2 N–H and O–H groups in total. The van der Waals surface area contributed by atoms with Crippen molar-refractivity contribution in [1.29, 1.82) is 0 Å². The summed E-state index contributed by atoms with van der Waals surface area (Å²) in [5, 5.41) is 13.4. The topological polar surface area (TPSA) is 32.3 Å². The van der Waals surface area contributed by atoms with Gasteiger partial charge in [-0.25, -0.2) is 0 Å². The van der Waals surface area contributed by atoms with Crippen molar-refractivity contribution in [1.82, 2.24) is 5.32 Å². The molecule has 1 saturated carbocycles. The monoisotopic (exact) mass is 269 g/mol. The highest BCUT2D eigenvalue weighted by Gasteiger charge is 2.13. The normalized spacial score (nSPS) is 18.1. The Hall–Kier alpha value is -0.570. The van der Waals surface area contributed by atoms with Crippen LogP contribution in [0.2, 0.25) is 0 Å². The second-order valence-electron chi connectivity index (χ2n) is 5.09. The molecule has 1 fully saturated rings. The Kier molecular flexibility index (Phi) is 7.33. The third-order valence-electron chi connectivity index (χ3n) is 3.68. The van der Waals surface area contributed by atoms with Crippen LogP contribution in [-0.2, 0) is 0 Å². The first kappa shape index (κ1) is 15.5. The summed E-state index contributed by atoms with van der Waals surface area (Å²) in [6.45, 7) is 1.73. The molecule has 1 aromatic rings. The summed E-state index contributed by atoms with van der Waals surface area (Å²) in [6, 6.07) is 9.88. The van der Waals surface area contributed by atoms with E-state index < -0.39 is 0 Å². The molecule has 0 aliphatic heterocycles. The third-order valence-corrected chi connectivity index (χ3v) is 3.68. The van der Waals surface area contributed by atoms with Crippen molar-refractivity contribution in [3.05, 3.63) is 35.9 Å². The van der Waals surface area contributed by atoms with E-state index in [-0.39, 0.29) is 18.5 Å². The zero-order valence-corrected chi connectivity index (χ0v) is 11.7. The summed E-state index contributed by atoms with van der Waals surface area (Å²) in [4.78, 5) is 0. The van der Waals surface area contributed by atoms with Crippen molar-refractivity contribution < 1.29 is 5.11 Å². The Morgan fingerprint density at radius 2 is 1.78 bits per heavy atom. The maximum atomic E-state index is 9.99. The van der Waals surface area contributed by atoms with Gasteiger partial charge in [0.15, 0.2) is 0 Å². The van der Waals surface area contributed by atoms with Crippen LogP contribution in [-0.4, -0.2) is 18.2 Å². The molecule has 0 spiro atoms. The van der Waals surface area contributed by atoms with Crippen molar-refractivity contribution in [2.75, 3.05) is 13.1 Å². The van der Waals surface area contributed by atoms with E-state index in [9.17, 15) is 5.11 Å². The maximum absolute atomic E-state index is 9.99. The highest BCUT2D eigenvalue weighted by Crippen LogP contribution is 2.22. The third kappa shape index (κ3) is 4.97. The standard InChI is InChI=1S/C15H23NO.ClH/c17-15(14-9-5-2-6-10-14)12-16-11-13-7-3-1-4-8-13;/h2,5-6,9-10,13,15-17H,1,3-4,7-8,11-12H2;1H. The van der Waals surface area contributed by atoms with Gasteiger partial charge in [-0.2, -0.15) is 0 Å². The zero-order chi connectivity index (χ0) is 11.9. The highest BCUT2D eigenvalue weighted by molar-refractivity contribution is 5.85. The molecule has 1 aliphatic rings. The Balaban J connectivity index is 0.00000162. The number of nitrogens with one attached hydrogen (secondary N) is 1. The van der Waals surface area contributed by atoms with Crippen LogP contribution >= 0.6 is 12.4 Å². The van der Waals surface area contributed by atoms with Crippen molar-refractivity contribution in [2.45, 2.75) is 38.2 Å². The van der Waals surface area contributed by atoms with Gasteiger partial charge in [-0.1, -0.05) is 49.6 Å². The average Bonchev–Trinajstić information content (AvgIpc) is 2.41. The van der Waals surface area contributed by atoms with Crippen LogP contribution in [0.4, 0.5) is 0 Å². The number of benzene rings is 1. The van der Waals surface area contributed by atoms with Gasteiger partial charge in [0, 0.05) is 6.54 Å². The fourth-order valence-corrected chi connectivity index (χ4v) is 2.61. The second-order valence-corrected chi connectivity index (χ2v) is 5.09. The SMILES string of the molecule is Cl.OC(CNCC1CCCCC1)c1ccccc1. The highest BCUT2D eigenvalue weighted by atomic mass is 35.5. The van der Waals surface area contributed by atoms with Gasteiger partial charge in [-0.05, 0) is 30.9 Å². The lowest BCUT2D eigenvalue weighted by molar-refractivity contribution is 0.171. The van der Waals surface area contributed by atoms with Crippen molar-refractivity contribution in [3.63, 3.8) is 0 Å². The summed E-state index contributed by atoms with van der Waals surface area (Å²) >= 11 is 0. The van der Waals surface area contributed by atoms with Gasteiger partial charge in [0.1, 0.15) is 0 Å². The van der Waals surface area contributed by atoms with Gasteiger partial charge in [0.25, 0.3) is 0 Å². The van der Waals surface area contributed by atoms with E-state index in [0.717, 1.165) is 18.0 Å². The largest absolute Gasteiger partial charge is 0.387 e. The molecule has 102 valence electrons. The van der Waals surface area contributed by atoms with Crippen LogP contribution < -0.4 is 5.32 Å². The molecule has 0 bridgehead atoms. The van der Waals surface area contributed by atoms with Gasteiger partial charge in [-0.3, -0.25) is 0 Å². The van der Waals surface area contributed by atoms with Gasteiger partial charge in [0.2, 0.25) is 0 Å². The lowest BCUT2D eigenvalue weighted by atomic mass is 9.89. The van der Waals surface area contributed by atoms with E-state index in [1.807, 2.05) is 30.3 Å². The number of aliphatic hydroxyl groups is 1. The Labute approximate surface area is 116 Å². The molecule has 0 radical (unpaired) electrons. The molecular formula is C15H24ClNO. The molecule has 1 atom stereocenters. The minimum absolute atomic E-state index is 0. The average molecular weight is 270 g/mol. The predicted octanol–water partition coefficient (Wildman–Crippen LogP) is 3.31. The fraction of sp³-hybridized carbons (Fsp3) is 0.600. The Morgan fingerprint density at radius 1 is 1.11 bits per heavy atom. The van der Waals surface area contributed by atoms with E-state index in [2.05, 4.69) is 5.32 Å². The van der Waals surface area contributed by atoms with Crippen LogP contribution in [0, 0.1) is 5.92 Å². The summed E-state index contributed by atoms with van der Waals surface area (Å²) in [7, 11) is 0. The fourth-order valence-electron chi connectivity index (χ4n) is 2.61. The van der Waals surface area contributed by atoms with Crippen molar-refractivity contribution in [3.8, 4) is 0 Å². The number of halogens is 1. The predicted molar refractivity (Wildman–Crippen MR) is 78.1 cm³/mol. The minimum atomic E-state index is -0.375. The molecular weight excluding hydrogens is 246 g/mol. The van der Waals surface area contributed by atoms with E-state index in [4.69, 9.17) is 0 Å². The minimum Gasteiger partial charge on any atom is -0.387 e. The zero-order valence-electron chi connectivity index (χ0n) is 10.8. The van der Waals surface area contributed by atoms with Crippen LogP contribution in [0.5, 0.6) is 0 Å². The molecule has 0 aromatic heterocycles. The maximum Gasteiger partial charge on any atom is 0.0914 e. The van der Waals surface area contributed by atoms with Gasteiger partial charge in [-0.15, -0.1) is 12.4 Å². The molecule has 3 heteroatoms. The van der Waals surface area contributed by atoms with E-state index in [1.54, 1.807) is 0 Å². The molecule has 2 rings (SSSR count). The first-order valence-electron chi connectivity index (χ1n) is 6.80. The first-order chi connectivity index (χ1) is 8.36. The van der Waals surface area contributed by atoms with E-state index >= 15 is 0 Å². The Morgan fingerprint density at radius 3 is 2.44 bits per heavy atom. The summed E-state index contributed by atoms with van der Waals surface area (Å²) in [5.41, 5.74) is 1.00. The summed E-state index contributed by atoms with van der Waals surface area (Å²) < 4.78 is 0. The van der Waals surface area contributed by atoms with Crippen molar-refractivity contribution in [2.24, 2.45) is 5.92 Å². The molecule has 0 saturated heterocycles. The van der Waals surface area contributed by atoms with Crippen LogP contribution in [0.3, 0.4) is 0 Å². The summed E-state index contributed by atoms with van der Waals surface area (Å²) in [5.74, 6) is 0.826. The molecule has 1 unspecified atom stereocenters. The smallest absolute Gasteiger partial charge is 0.0914 e. The quantitative estimate of drug-likeness (QED) is 0.860. The van der Waals surface area contributed by atoms with Gasteiger partial charge in [0.05, 0.1) is 6.10 Å². The molecule has 0 heterocycles. The van der Waals surface area contributed by atoms with Crippen molar-refractivity contribution >= 4 is 12.4 Å². The second kappa shape index (κ2) is 8.52. The Bertz CT molecular complexity index is 312. The number of hydrogen-bond donors (Lipinski definition) is 2. The van der Waals surface area contributed by atoms with Crippen LogP contribution in [0.25, 0.3) is 0 Å². The van der Waals surface area contributed by atoms with E-state index in [1.165, 1.54) is 32.1 Å². The van der Waals surface area contributed by atoms with Gasteiger partial charge < -0.3 is 10.4 Å². The lowest BCUT2D eigenvalue weighted by Gasteiger charge is -2.22. The number of hydrogen-bond acceptors (Lipinski definition) is 2. The molecule has 2 nitrogen and oxygen atoms in total. The molecule has 18 heavy (non-hydrogen) atoms. The number of aliphatic hydroxyl groups excluding tert-OH is 1. The first-order valence-corrected chi connectivity index (χ1v) is 6.80. The van der Waals surface area contributed by atoms with E-state index in [0.29, 0.717) is 6.54 Å². The molecule has 1 aliphatic carbocycles. The molecule has 0 amide bonds. The summed E-state index contributed by atoms with van der Waals surface area (Å²) in [6.07, 6.45) is 6.51. The van der Waals surface area contributed by atoms with Gasteiger partial charge >= 0.3 is 0 Å². The van der Waals surface area contributed by atoms with Crippen LogP contribution in [0.1, 0.15) is 43.8 Å². The lowest BCUT2D eigenvalue weighted by Crippen LogP contribution is -2.28.